The van der Waals surface area contributed by atoms with E-state index in [1.807, 2.05) is 0 Å². The number of thiophene rings is 1. The molecule has 1 aliphatic rings. The van der Waals surface area contributed by atoms with Crippen LogP contribution in [0.15, 0.2) is 10.8 Å². The molecular weight excluding hydrogens is 204 g/mol. The maximum absolute atomic E-state index is 10.3. The Bertz CT molecular complexity index is 318. The molecule has 0 spiro atoms. The Labute approximate surface area is 96.1 Å². The molecule has 1 heterocycles. The van der Waals surface area contributed by atoms with E-state index in [0.717, 1.165) is 5.92 Å². The van der Waals surface area contributed by atoms with Crippen LogP contribution in [0, 0.1) is 18.8 Å². The molecule has 2 heteroatoms. The van der Waals surface area contributed by atoms with Gasteiger partial charge < -0.3 is 5.11 Å². The van der Waals surface area contributed by atoms with Crippen molar-refractivity contribution < 1.29 is 5.11 Å². The van der Waals surface area contributed by atoms with Gasteiger partial charge in [-0.2, -0.15) is 11.3 Å². The standard InChI is InChI=1S/C13H20OS/c1-9-4-3-5-11(6-9)13(14)12-8-15-7-10(12)2/h7-9,11,13-14H,3-6H2,1-2H3. The van der Waals surface area contributed by atoms with E-state index in [0.29, 0.717) is 5.92 Å². The van der Waals surface area contributed by atoms with Gasteiger partial charge in [-0.15, -0.1) is 0 Å². The van der Waals surface area contributed by atoms with Crippen molar-refractivity contribution >= 4 is 11.3 Å². The third-order valence-electron chi connectivity index (χ3n) is 3.64. The van der Waals surface area contributed by atoms with Crippen LogP contribution in [0.5, 0.6) is 0 Å². The molecule has 0 aromatic carbocycles. The first kappa shape index (κ1) is 11.2. The molecule has 2 rings (SSSR count). The number of aryl methyl sites for hydroxylation is 1. The normalized spacial score (nSPS) is 29.0. The van der Waals surface area contributed by atoms with E-state index in [4.69, 9.17) is 0 Å². The first-order valence-corrected chi connectivity index (χ1v) is 6.83. The number of rotatable bonds is 2. The summed E-state index contributed by atoms with van der Waals surface area (Å²) in [5.41, 5.74) is 2.42. The van der Waals surface area contributed by atoms with E-state index < -0.39 is 0 Å². The van der Waals surface area contributed by atoms with E-state index in [9.17, 15) is 5.11 Å². The van der Waals surface area contributed by atoms with Crippen molar-refractivity contribution in [1.82, 2.24) is 0 Å². The first-order chi connectivity index (χ1) is 7.18. The summed E-state index contributed by atoms with van der Waals surface area (Å²) < 4.78 is 0. The zero-order valence-corrected chi connectivity index (χ0v) is 10.4. The average molecular weight is 224 g/mol. The van der Waals surface area contributed by atoms with Crippen molar-refractivity contribution in [3.05, 3.63) is 21.9 Å². The molecule has 84 valence electrons. The summed E-state index contributed by atoms with van der Waals surface area (Å²) in [6.07, 6.45) is 4.79. The van der Waals surface area contributed by atoms with Crippen molar-refractivity contribution in [2.45, 2.75) is 45.6 Å². The molecule has 0 bridgehead atoms. The molecule has 3 unspecified atom stereocenters. The zero-order chi connectivity index (χ0) is 10.8. The monoisotopic (exact) mass is 224 g/mol. The molecule has 1 saturated carbocycles. The highest BCUT2D eigenvalue weighted by molar-refractivity contribution is 7.08. The van der Waals surface area contributed by atoms with Crippen molar-refractivity contribution in [2.75, 3.05) is 0 Å². The van der Waals surface area contributed by atoms with Gasteiger partial charge in [0.05, 0.1) is 6.10 Å². The molecule has 1 aromatic rings. The minimum atomic E-state index is -0.223. The van der Waals surface area contributed by atoms with Crippen LogP contribution in [0.1, 0.15) is 49.8 Å². The summed E-state index contributed by atoms with van der Waals surface area (Å²) >= 11 is 1.70. The second-order valence-corrected chi connectivity index (χ2v) is 5.73. The molecule has 1 nitrogen and oxygen atoms in total. The number of aliphatic hydroxyl groups is 1. The summed E-state index contributed by atoms with van der Waals surface area (Å²) in [6.45, 7) is 4.40. The minimum absolute atomic E-state index is 0.223. The van der Waals surface area contributed by atoms with Gasteiger partial charge in [0, 0.05) is 0 Å². The third kappa shape index (κ3) is 2.43. The molecule has 0 radical (unpaired) electrons. The lowest BCUT2D eigenvalue weighted by atomic mass is 9.78. The highest BCUT2D eigenvalue weighted by Gasteiger charge is 2.27. The van der Waals surface area contributed by atoms with Crippen LogP contribution in [-0.4, -0.2) is 5.11 Å². The van der Waals surface area contributed by atoms with Crippen molar-refractivity contribution in [3.8, 4) is 0 Å². The third-order valence-corrected chi connectivity index (χ3v) is 4.52. The Kier molecular flexibility index (Phi) is 3.47. The smallest absolute Gasteiger partial charge is 0.0828 e. The lowest BCUT2D eigenvalue weighted by molar-refractivity contribution is 0.0713. The SMILES string of the molecule is Cc1cscc1C(O)C1CCCC(C)C1. The highest BCUT2D eigenvalue weighted by atomic mass is 32.1. The van der Waals surface area contributed by atoms with Crippen LogP contribution >= 0.6 is 11.3 Å². The van der Waals surface area contributed by atoms with Gasteiger partial charge in [0.2, 0.25) is 0 Å². The van der Waals surface area contributed by atoms with Crippen molar-refractivity contribution in [2.24, 2.45) is 11.8 Å². The van der Waals surface area contributed by atoms with Crippen LogP contribution in [0.3, 0.4) is 0 Å². The first-order valence-electron chi connectivity index (χ1n) is 5.89. The van der Waals surface area contributed by atoms with Gasteiger partial charge in [-0.3, -0.25) is 0 Å². The van der Waals surface area contributed by atoms with Crippen molar-refractivity contribution in [3.63, 3.8) is 0 Å². The average Bonchev–Trinajstić information content (AvgIpc) is 2.63. The van der Waals surface area contributed by atoms with Gasteiger partial charge in [-0.05, 0) is 53.5 Å². The predicted octanol–water partition coefficient (Wildman–Crippen LogP) is 3.92. The Balaban J connectivity index is 2.07. The lowest BCUT2D eigenvalue weighted by Crippen LogP contribution is -2.20. The van der Waals surface area contributed by atoms with E-state index in [-0.39, 0.29) is 6.10 Å². The zero-order valence-electron chi connectivity index (χ0n) is 9.57. The van der Waals surface area contributed by atoms with Gasteiger partial charge in [0.1, 0.15) is 0 Å². The molecule has 3 atom stereocenters. The summed E-state index contributed by atoms with van der Waals surface area (Å²) in [7, 11) is 0. The van der Waals surface area contributed by atoms with Crippen LogP contribution in [0.25, 0.3) is 0 Å². The molecule has 0 amide bonds. The number of hydrogen-bond donors (Lipinski definition) is 1. The fourth-order valence-electron chi connectivity index (χ4n) is 2.70. The van der Waals surface area contributed by atoms with Gasteiger partial charge in [-0.25, -0.2) is 0 Å². The lowest BCUT2D eigenvalue weighted by Gasteiger charge is -2.30. The van der Waals surface area contributed by atoms with Gasteiger partial charge in [0.15, 0.2) is 0 Å². The van der Waals surface area contributed by atoms with E-state index >= 15 is 0 Å². The Morgan fingerprint density at radius 2 is 2.20 bits per heavy atom. The quantitative estimate of drug-likeness (QED) is 0.807. The van der Waals surface area contributed by atoms with E-state index in [2.05, 4.69) is 24.6 Å². The molecule has 1 aromatic heterocycles. The summed E-state index contributed by atoms with van der Waals surface area (Å²) in [5.74, 6) is 1.28. The fourth-order valence-corrected chi connectivity index (χ4v) is 3.58. The Hall–Kier alpha value is -0.340. The van der Waals surface area contributed by atoms with Crippen LogP contribution in [-0.2, 0) is 0 Å². The van der Waals surface area contributed by atoms with Crippen LogP contribution in [0.2, 0.25) is 0 Å². The fraction of sp³-hybridized carbons (Fsp3) is 0.692. The van der Waals surface area contributed by atoms with Gasteiger partial charge in [0.25, 0.3) is 0 Å². The van der Waals surface area contributed by atoms with Crippen molar-refractivity contribution in [1.29, 1.82) is 0 Å². The Morgan fingerprint density at radius 3 is 2.80 bits per heavy atom. The Morgan fingerprint density at radius 1 is 1.40 bits per heavy atom. The maximum Gasteiger partial charge on any atom is 0.0828 e. The summed E-state index contributed by atoms with van der Waals surface area (Å²) in [5, 5.41) is 14.6. The summed E-state index contributed by atoms with van der Waals surface area (Å²) in [4.78, 5) is 0. The van der Waals surface area contributed by atoms with E-state index in [1.54, 1.807) is 11.3 Å². The molecule has 0 saturated heterocycles. The largest absolute Gasteiger partial charge is 0.388 e. The van der Waals surface area contributed by atoms with Gasteiger partial charge >= 0.3 is 0 Å². The molecule has 1 N–H and O–H groups in total. The predicted molar refractivity (Wildman–Crippen MR) is 65.1 cm³/mol. The second kappa shape index (κ2) is 4.67. The minimum Gasteiger partial charge on any atom is -0.388 e. The highest BCUT2D eigenvalue weighted by Crippen LogP contribution is 2.38. The van der Waals surface area contributed by atoms with Crippen LogP contribution in [0.4, 0.5) is 0 Å². The molecule has 1 aliphatic carbocycles. The molecule has 15 heavy (non-hydrogen) atoms. The molecule has 0 aliphatic heterocycles. The topological polar surface area (TPSA) is 20.2 Å². The maximum atomic E-state index is 10.3. The van der Waals surface area contributed by atoms with Gasteiger partial charge in [-0.1, -0.05) is 19.8 Å². The molecular formula is C13H20OS. The second-order valence-electron chi connectivity index (χ2n) is 4.99. The summed E-state index contributed by atoms with van der Waals surface area (Å²) in [6, 6.07) is 0. The number of aliphatic hydroxyl groups excluding tert-OH is 1. The molecule has 1 fully saturated rings. The number of hydrogen-bond acceptors (Lipinski definition) is 2. The van der Waals surface area contributed by atoms with E-state index in [1.165, 1.54) is 36.8 Å². The van der Waals surface area contributed by atoms with Crippen LogP contribution < -0.4 is 0 Å².